The van der Waals surface area contributed by atoms with Gasteiger partial charge in [-0.25, -0.2) is 0 Å². The lowest BCUT2D eigenvalue weighted by Crippen LogP contribution is -2.11. The van der Waals surface area contributed by atoms with Crippen LogP contribution < -0.4 is 5.73 Å². The molecule has 80 valence electrons. The van der Waals surface area contributed by atoms with E-state index in [2.05, 4.69) is 18.9 Å². The zero-order chi connectivity index (χ0) is 10.6. The summed E-state index contributed by atoms with van der Waals surface area (Å²) in [7, 11) is 0. The van der Waals surface area contributed by atoms with Crippen LogP contribution in [0, 0.1) is 0 Å². The Morgan fingerprint density at radius 1 is 1.64 bits per heavy atom. The lowest BCUT2D eigenvalue weighted by molar-refractivity contribution is 0.535. The van der Waals surface area contributed by atoms with Crippen LogP contribution in [0.4, 0.5) is 0 Å². The smallest absolute Gasteiger partial charge is 0.0820 e. The average Bonchev–Trinajstić information content (AvgIpc) is 2.48. The Morgan fingerprint density at radius 3 is 2.93 bits per heavy atom. The van der Waals surface area contributed by atoms with Gasteiger partial charge in [0.15, 0.2) is 0 Å². The van der Waals surface area contributed by atoms with Crippen LogP contribution in [0.15, 0.2) is 6.20 Å². The highest BCUT2D eigenvalue weighted by Crippen LogP contribution is 2.26. The molecule has 1 aromatic rings. The Balaban J connectivity index is 2.86. The second-order valence-electron chi connectivity index (χ2n) is 3.58. The molecule has 0 radical (unpaired) electrons. The van der Waals surface area contributed by atoms with Gasteiger partial charge in [-0.05, 0) is 19.4 Å². The number of aryl methyl sites for hydroxylation is 1. The van der Waals surface area contributed by atoms with E-state index in [0.29, 0.717) is 12.5 Å². The highest BCUT2D eigenvalue weighted by atomic mass is 35.5. The third-order valence-electron chi connectivity index (χ3n) is 2.34. The second kappa shape index (κ2) is 5.37. The molecular formula is C10H18ClN3. The molecule has 0 aliphatic rings. The lowest BCUT2D eigenvalue weighted by atomic mass is 10.0. The molecular weight excluding hydrogens is 198 g/mol. The van der Waals surface area contributed by atoms with Gasteiger partial charge in [-0.15, -0.1) is 0 Å². The van der Waals surface area contributed by atoms with Gasteiger partial charge in [-0.3, -0.25) is 4.68 Å². The van der Waals surface area contributed by atoms with Gasteiger partial charge in [0, 0.05) is 12.5 Å². The molecule has 1 aromatic heterocycles. The maximum absolute atomic E-state index is 6.09. The van der Waals surface area contributed by atoms with Crippen molar-refractivity contribution >= 4 is 11.6 Å². The number of halogens is 1. The van der Waals surface area contributed by atoms with Crippen molar-refractivity contribution in [3.05, 3.63) is 16.9 Å². The molecule has 2 N–H and O–H groups in total. The van der Waals surface area contributed by atoms with Crippen molar-refractivity contribution in [1.82, 2.24) is 9.78 Å². The first-order valence-electron chi connectivity index (χ1n) is 5.12. The number of nitrogens with zero attached hydrogens (tertiary/aromatic N) is 2. The summed E-state index contributed by atoms with van der Waals surface area (Å²) in [6.07, 6.45) is 3.75. The zero-order valence-corrected chi connectivity index (χ0v) is 9.59. The van der Waals surface area contributed by atoms with Crippen LogP contribution >= 0.6 is 11.6 Å². The largest absolute Gasteiger partial charge is 0.330 e. The van der Waals surface area contributed by atoms with E-state index >= 15 is 0 Å². The van der Waals surface area contributed by atoms with Crippen LogP contribution in [0.5, 0.6) is 0 Å². The molecule has 0 fully saturated rings. The van der Waals surface area contributed by atoms with Gasteiger partial charge >= 0.3 is 0 Å². The van der Waals surface area contributed by atoms with Gasteiger partial charge in [-0.2, -0.15) is 5.10 Å². The van der Waals surface area contributed by atoms with Crippen molar-refractivity contribution in [2.75, 3.05) is 6.54 Å². The van der Waals surface area contributed by atoms with Crippen molar-refractivity contribution < 1.29 is 0 Å². The Bertz CT molecular complexity index is 283. The van der Waals surface area contributed by atoms with Gasteiger partial charge < -0.3 is 5.73 Å². The van der Waals surface area contributed by atoms with E-state index in [0.717, 1.165) is 30.1 Å². The summed E-state index contributed by atoms with van der Waals surface area (Å²) in [6.45, 7) is 5.89. The summed E-state index contributed by atoms with van der Waals surface area (Å²) in [4.78, 5) is 0. The van der Waals surface area contributed by atoms with E-state index in [1.54, 1.807) is 6.20 Å². The Kier molecular flexibility index (Phi) is 4.42. The van der Waals surface area contributed by atoms with Crippen molar-refractivity contribution in [3.63, 3.8) is 0 Å². The van der Waals surface area contributed by atoms with Gasteiger partial charge in [0.05, 0.1) is 16.9 Å². The number of hydrogen-bond acceptors (Lipinski definition) is 2. The summed E-state index contributed by atoms with van der Waals surface area (Å²) in [5, 5.41) is 5.02. The summed E-state index contributed by atoms with van der Waals surface area (Å²) < 4.78 is 1.99. The monoisotopic (exact) mass is 215 g/mol. The molecule has 0 spiro atoms. The van der Waals surface area contributed by atoms with Crippen LogP contribution in [0.2, 0.25) is 5.02 Å². The highest BCUT2D eigenvalue weighted by molar-refractivity contribution is 6.31. The molecule has 1 unspecified atom stereocenters. The molecule has 1 atom stereocenters. The van der Waals surface area contributed by atoms with Crippen molar-refractivity contribution in [3.8, 4) is 0 Å². The lowest BCUT2D eigenvalue weighted by Gasteiger charge is -2.13. The molecule has 1 rings (SSSR count). The topological polar surface area (TPSA) is 43.8 Å². The first kappa shape index (κ1) is 11.5. The van der Waals surface area contributed by atoms with E-state index in [1.165, 1.54) is 0 Å². The highest BCUT2D eigenvalue weighted by Gasteiger charge is 2.14. The maximum Gasteiger partial charge on any atom is 0.0820 e. The van der Waals surface area contributed by atoms with E-state index in [1.807, 2.05) is 4.68 Å². The third kappa shape index (κ3) is 2.49. The fourth-order valence-corrected chi connectivity index (χ4v) is 1.97. The minimum absolute atomic E-state index is 0.390. The summed E-state index contributed by atoms with van der Waals surface area (Å²) in [6, 6.07) is 0. The van der Waals surface area contributed by atoms with Crippen LogP contribution in [0.1, 0.15) is 38.3 Å². The summed E-state index contributed by atoms with van der Waals surface area (Å²) >= 11 is 6.09. The van der Waals surface area contributed by atoms with E-state index in [-0.39, 0.29) is 0 Å². The van der Waals surface area contributed by atoms with Crippen molar-refractivity contribution in [2.45, 2.75) is 39.2 Å². The van der Waals surface area contributed by atoms with E-state index in [9.17, 15) is 0 Å². The molecule has 0 amide bonds. The van der Waals surface area contributed by atoms with Crippen LogP contribution in [0.3, 0.4) is 0 Å². The van der Waals surface area contributed by atoms with Crippen LogP contribution in [-0.2, 0) is 6.54 Å². The minimum Gasteiger partial charge on any atom is -0.330 e. The molecule has 0 aromatic carbocycles. The van der Waals surface area contributed by atoms with E-state index in [4.69, 9.17) is 17.3 Å². The van der Waals surface area contributed by atoms with E-state index < -0.39 is 0 Å². The Hall–Kier alpha value is -0.540. The van der Waals surface area contributed by atoms with Crippen LogP contribution in [0.25, 0.3) is 0 Å². The van der Waals surface area contributed by atoms with Gasteiger partial charge in [-0.1, -0.05) is 25.4 Å². The summed E-state index contributed by atoms with van der Waals surface area (Å²) in [5.74, 6) is 0.390. The quantitative estimate of drug-likeness (QED) is 0.820. The van der Waals surface area contributed by atoms with Crippen LogP contribution in [-0.4, -0.2) is 16.3 Å². The average molecular weight is 216 g/mol. The van der Waals surface area contributed by atoms with Crippen molar-refractivity contribution in [1.29, 1.82) is 0 Å². The van der Waals surface area contributed by atoms with Gasteiger partial charge in [0.1, 0.15) is 0 Å². The number of nitrogens with two attached hydrogens (primary N) is 1. The predicted octanol–water partition coefficient (Wildman–Crippen LogP) is 2.40. The standard InChI is InChI=1S/C10H18ClN3/c1-3-6-14-10(8(2)4-5-12)9(11)7-13-14/h7-8H,3-6,12H2,1-2H3. The molecule has 0 bridgehead atoms. The molecule has 0 aliphatic heterocycles. The third-order valence-corrected chi connectivity index (χ3v) is 2.63. The fourth-order valence-electron chi connectivity index (χ4n) is 1.64. The zero-order valence-electron chi connectivity index (χ0n) is 8.83. The number of rotatable bonds is 5. The molecule has 3 nitrogen and oxygen atoms in total. The minimum atomic E-state index is 0.390. The fraction of sp³-hybridized carbons (Fsp3) is 0.700. The molecule has 1 heterocycles. The first-order chi connectivity index (χ1) is 6.70. The second-order valence-corrected chi connectivity index (χ2v) is 3.99. The van der Waals surface area contributed by atoms with Gasteiger partial charge in [0.2, 0.25) is 0 Å². The molecule has 0 aliphatic carbocycles. The summed E-state index contributed by atoms with van der Waals surface area (Å²) in [5.41, 5.74) is 6.66. The molecule has 0 saturated heterocycles. The SMILES string of the molecule is CCCn1ncc(Cl)c1C(C)CCN. The number of hydrogen-bond donors (Lipinski definition) is 1. The first-order valence-corrected chi connectivity index (χ1v) is 5.49. The Labute approximate surface area is 90.2 Å². The normalized spacial score (nSPS) is 13.1. The molecule has 4 heteroatoms. The molecule has 0 saturated carbocycles. The van der Waals surface area contributed by atoms with Gasteiger partial charge in [0.25, 0.3) is 0 Å². The maximum atomic E-state index is 6.09. The molecule has 14 heavy (non-hydrogen) atoms. The predicted molar refractivity (Wildman–Crippen MR) is 59.6 cm³/mol. The number of aromatic nitrogens is 2. The Morgan fingerprint density at radius 2 is 2.36 bits per heavy atom. The van der Waals surface area contributed by atoms with Crippen molar-refractivity contribution in [2.24, 2.45) is 5.73 Å².